The number of ether oxygens (including phenoxy) is 1. The number of hydrogen-bond donors (Lipinski definition) is 0. The molecule has 0 aliphatic rings. The molecule has 0 amide bonds. The molecule has 134 valence electrons. The molecule has 0 spiro atoms. The van der Waals surface area contributed by atoms with Gasteiger partial charge in [0.25, 0.3) is 0 Å². The van der Waals surface area contributed by atoms with Crippen molar-refractivity contribution >= 4 is 28.9 Å². The average Bonchev–Trinajstić information content (AvgIpc) is 3.37. The van der Waals surface area contributed by atoms with Gasteiger partial charge in [-0.3, -0.25) is 0 Å². The second-order valence-electron chi connectivity index (χ2n) is 5.67. The molecule has 7 heteroatoms. The van der Waals surface area contributed by atoms with Crippen LogP contribution in [0.2, 0.25) is 5.02 Å². The summed E-state index contributed by atoms with van der Waals surface area (Å²) in [5.74, 6) is 0.113. The molecule has 0 atom stereocenters. The lowest BCUT2D eigenvalue weighted by Crippen LogP contribution is -2.05. The number of thiazole rings is 1. The molecule has 0 saturated heterocycles. The summed E-state index contributed by atoms with van der Waals surface area (Å²) in [6.45, 7) is 0.0131. The quantitative estimate of drug-likeness (QED) is 0.418. The van der Waals surface area contributed by atoms with E-state index in [1.54, 1.807) is 23.6 Å². The zero-order valence-electron chi connectivity index (χ0n) is 14.0. The summed E-state index contributed by atoms with van der Waals surface area (Å²) in [6, 6.07) is 18.7. The first-order valence-electron chi connectivity index (χ1n) is 8.08. The lowest BCUT2D eigenvalue weighted by atomic mass is 10.2. The Morgan fingerprint density at radius 3 is 2.70 bits per heavy atom. The third-order valence-corrected chi connectivity index (χ3v) is 4.88. The van der Waals surface area contributed by atoms with Crippen LogP contribution < -0.4 is 0 Å². The van der Waals surface area contributed by atoms with E-state index in [2.05, 4.69) is 10.1 Å². The van der Waals surface area contributed by atoms with Crippen LogP contribution in [0.3, 0.4) is 0 Å². The Bertz CT molecular complexity index is 1080. The number of rotatable bonds is 5. The van der Waals surface area contributed by atoms with Crippen LogP contribution in [0.5, 0.6) is 0 Å². The topological polar surface area (TPSA) is 65.2 Å². The zero-order valence-corrected chi connectivity index (χ0v) is 15.5. The van der Waals surface area contributed by atoms with Gasteiger partial charge in [0.1, 0.15) is 17.3 Å². The maximum atomic E-state index is 12.2. The Morgan fingerprint density at radius 2 is 1.89 bits per heavy atom. The highest BCUT2D eigenvalue weighted by atomic mass is 35.5. The molecule has 2 heterocycles. The van der Waals surface area contributed by atoms with Gasteiger partial charge < -0.3 is 9.26 Å². The first-order chi connectivity index (χ1) is 13.2. The Kier molecular flexibility index (Phi) is 5.00. The van der Waals surface area contributed by atoms with Gasteiger partial charge in [-0.1, -0.05) is 59.2 Å². The Balaban J connectivity index is 1.41. The van der Waals surface area contributed by atoms with E-state index in [1.165, 1.54) is 11.3 Å². The van der Waals surface area contributed by atoms with Crippen molar-refractivity contribution in [2.75, 3.05) is 0 Å². The summed E-state index contributed by atoms with van der Waals surface area (Å²) in [5.41, 5.74) is 2.55. The maximum absolute atomic E-state index is 12.2. The summed E-state index contributed by atoms with van der Waals surface area (Å²) in [7, 11) is 0. The largest absolute Gasteiger partial charge is 0.454 e. The molecule has 2 aromatic heterocycles. The molecule has 0 bridgehead atoms. The summed E-state index contributed by atoms with van der Waals surface area (Å²) in [6.07, 6.45) is 0. The number of carbonyl (C=O) groups is 1. The number of aromatic nitrogens is 2. The van der Waals surface area contributed by atoms with Gasteiger partial charge in [-0.25, -0.2) is 9.78 Å². The highest BCUT2D eigenvalue weighted by Gasteiger charge is 2.15. The van der Waals surface area contributed by atoms with Crippen molar-refractivity contribution in [3.8, 4) is 21.9 Å². The molecule has 2 aromatic carbocycles. The Hall–Kier alpha value is -2.96. The van der Waals surface area contributed by atoms with Crippen LogP contribution in [0, 0.1) is 0 Å². The van der Waals surface area contributed by atoms with Gasteiger partial charge >= 0.3 is 5.97 Å². The van der Waals surface area contributed by atoms with Crippen LogP contribution >= 0.6 is 22.9 Å². The van der Waals surface area contributed by atoms with E-state index in [0.717, 1.165) is 11.1 Å². The predicted molar refractivity (Wildman–Crippen MR) is 104 cm³/mol. The molecule has 0 radical (unpaired) electrons. The third-order valence-electron chi connectivity index (χ3n) is 3.75. The normalized spacial score (nSPS) is 10.7. The Labute approximate surface area is 164 Å². The minimum absolute atomic E-state index is 0.0131. The van der Waals surface area contributed by atoms with E-state index < -0.39 is 5.97 Å². The van der Waals surface area contributed by atoms with Gasteiger partial charge in [-0.05, 0) is 12.1 Å². The van der Waals surface area contributed by atoms with E-state index in [-0.39, 0.29) is 12.3 Å². The number of benzene rings is 2. The van der Waals surface area contributed by atoms with Crippen LogP contribution in [-0.4, -0.2) is 16.1 Å². The maximum Gasteiger partial charge on any atom is 0.358 e. The first-order valence-corrected chi connectivity index (χ1v) is 9.34. The number of carbonyl (C=O) groups excluding carboxylic acids is 1. The smallest absolute Gasteiger partial charge is 0.358 e. The summed E-state index contributed by atoms with van der Waals surface area (Å²) in [5, 5.41) is 6.92. The number of esters is 1. The number of halogens is 1. The lowest BCUT2D eigenvalue weighted by molar-refractivity contribution is 0.0458. The summed E-state index contributed by atoms with van der Waals surface area (Å²) in [4.78, 5) is 16.6. The molecular weight excluding hydrogens is 384 g/mol. The second kappa shape index (κ2) is 7.73. The van der Waals surface area contributed by atoms with Gasteiger partial charge in [0.2, 0.25) is 0 Å². The molecule has 0 unspecified atom stereocenters. The average molecular weight is 397 g/mol. The van der Waals surface area contributed by atoms with Crippen molar-refractivity contribution in [3.05, 3.63) is 82.5 Å². The fourth-order valence-electron chi connectivity index (χ4n) is 2.45. The molecule has 4 aromatic rings. The van der Waals surface area contributed by atoms with E-state index in [9.17, 15) is 4.79 Å². The van der Waals surface area contributed by atoms with Crippen molar-refractivity contribution in [2.45, 2.75) is 6.61 Å². The first kappa shape index (κ1) is 17.5. The lowest BCUT2D eigenvalue weighted by Gasteiger charge is -1.99. The highest BCUT2D eigenvalue weighted by Crippen LogP contribution is 2.26. The molecule has 0 fully saturated rings. The SMILES string of the molecule is O=C(OCc1cc(-c2ccccc2)on1)c1csc(-c2cccc(Cl)c2)n1. The highest BCUT2D eigenvalue weighted by molar-refractivity contribution is 7.13. The van der Waals surface area contributed by atoms with Crippen LogP contribution in [0.25, 0.3) is 21.9 Å². The van der Waals surface area contributed by atoms with Crippen LogP contribution in [-0.2, 0) is 11.3 Å². The van der Waals surface area contributed by atoms with Gasteiger partial charge in [0.05, 0.1) is 0 Å². The summed E-state index contributed by atoms with van der Waals surface area (Å²) >= 11 is 7.36. The van der Waals surface area contributed by atoms with Gasteiger partial charge in [-0.15, -0.1) is 11.3 Å². The van der Waals surface area contributed by atoms with Gasteiger partial charge in [0.15, 0.2) is 11.5 Å². The number of nitrogens with zero attached hydrogens (tertiary/aromatic N) is 2. The molecule has 0 saturated carbocycles. The third kappa shape index (κ3) is 4.07. The molecule has 0 N–H and O–H groups in total. The minimum atomic E-state index is -0.510. The molecule has 27 heavy (non-hydrogen) atoms. The fraction of sp³-hybridized carbons (Fsp3) is 0.0500. The zero-order chi connectivity index (χ0) is 18.6. The second-order valence-corrected chi connectivity index (χ2v) is 6.97. The Morgan fingerprint density at radius 1 is 1.07 bits per heavy atom. The van der Waals surface area contributed by atoms with Gasteiger partial charge in [0, 0.05) is 27.6 Å². The van der Waals surface area contributed by atoms with E-state index >= 15 is 0 Å². The van der Waals surface area contributed by atoms with Crippen molar-refractivity contribution in [1.29, 1.82) is 0 Å². The van der Waals surface area contributed by atoms with Crippen molar-refractivity contribution < 1.29 is 14.1 Å². The monoisotopic (exact) mass is 396 g/mol. The predicted octanol–water partition coefficient (Wildman–Crippen LogP) is 5.48. The van der Waals surface area contributed by atoms with E-state index in [0.29, 0.717) is 21.5 Å². The molecule has 0 aliphatic carbocycles. The van der Waals surface area contributed by atoms with Crippen molar-refractivity contribution in [3.63, 3.8) is 0 Å². The minimum Gasteiger partial charge on any atom is -0.454 e. The molecule has 4 rings (SSSR count). The standard InChI is InChI=1S/C20H13ClN2O3S/c21-15-8-4-7-14(9-15)19-22-17(12-27-19)20(24)25-11-16-10-18(26-23-16)13-5-2-1-3-6-13/h1-10,12H,11H2. The summed E-state index contributed by atoms with van der Waals surface area (Å²) < 4.78 is 10.6. The van der Waals surface area contributed by atoms with Crippen molar-refractivity contribution in [2.24, 2.45) is 0 Å². The number of hydrogen-bond acceptors (Lipinski definition) is 6. The molecule has 5 nitrogen and oxygen atoms in total. The molecule has 0 aliphatic heterocycles. The van der Waals surface area contributed by atoms with E-state index in [1.807, 2.05) is 42.5 Å². The van der Waals surface area contributed by atoms with Crippen LogP contribution in [0.15, 0.2) is 70.6 Å². The molecular formula is C20H13ClN2O3S. The van der Waals surface area contributed by atoms with Crippen LogP contribution in [0.1, 0.15) is 16.2 Å². The van der Waals surface area contributed by atoms with E-state index in [4.69, 9.17) is 20.9 Å². The van der Waals surface area contributed by atoms with Crippen LogP contribution in [0.4, 0.5) is 0 Å². The van der Waals surface area contributed by atoms with Gasteiger partial charge in [-0.2, -0.15) is 0 Å². The van der Waals surface area contributed by atoms with Crippen molar-refractivity contribution in [1.82, 2.24) is 10.1 Å². The fourth-order valence-corrected chi connectivity index (χ4v) is 3.43.